The number of carbonyl (C=O) groups excluding carboxylic acids is 2. The Kier molecular flexibility index (Phi) is 4.80. The Labute approximate surface area is 185 Å². The van der Waals surface area contributed by atoms with Crippen LogP contribution < -0.4 is 9.80 Å². The normalized spacial score (nSPS) is 18.0. The number of benzene rings is 2. The monoisotopic (exact) mass is 438 g/mol. The summed E-state index contributed by atoms with van der Waals surface area (Å²) in [5.74, 6) is -0.252. The van der Waals surface area contributed by atoms with Gasteiger partial charge in [0.25, 0.3) is 11.8 Å². The molecule has 2 aliphatic rings. The lowest BCUT2D eigenvalue weighted by atomic mass is 9.97. The molecule has 0 atom stereocenters. The van der Waals surface area contributed by atoms with Crippen LogP contribution in [0.2, 0.25) is 5.02 Å². The molecule has 30 heavy (non-hydrogen) atoms. The summed E-state index contributed by atoms with van der Waals surface area (Å²) in [4.78, 5) is 30.8. The molecule has 0 unspecified atom stereocenters. The molecule has 152 valence electrons. The van der Waals surface area contributed by atoms with Gasteiger partial charge in [-0.3, -0.25) is 14.5 Å². The van der Waals surface area contributed by atoms with E-state index < -0.39 is 5.54 Å². The Morgan fingerprint density at radius 1 is 1.13 bits per heavy atom. The van der Waals surface area contributed by atoms with Crippen molar-refractivity contribution in [3.8, 4) is 6.07 Å². The maximum Gasteiger partial charge on any atom is 0.259 e. The van der Waals surface area contributed by atoms with E-state index in [1.54, 1.807) is 48.9 Å². The van der Waals surface area contributed by atoms with Crippen LogP contribution in [-0.4, -0.2) is 41.0 Å². The van der Waals surface area contributed by atoms with Crippen LogP contribution in [0.4, 0.5) is 11.4 Å². The smallest absolute Gasteiger partial charge is 0.259 e. The number of hydrogen-bond acceptors (Lipinski definition) is 4. The highest BCUT2D eigenvalue weighted by atomic mass is 35.5. The van der Waals surface area contributed by atoms with Crippen molar-refractivity contribution in [3.63, 3.8) is 0 Å². The highest BCUT2D eigenvalue weighted by Crippen LogP contribution is 2.38. The number of nitriles is 1. The van der Waals surface area contributed by atoms with Crippen molar-refractivity contribution in [3.05, 3.63) is 58.1 Å². The molecule has 2 aromatic rings. The van der Waals surface area contributed by atoms with Gasteiger partial charge in [0, 0.05) is 24.8 Å². The van der Waals surface area contributed by atoms with Gasteiger partial charge in [-0.05, 0) is 68.4 Å². The first-order chi connectivity index (χ1) is 14.2. The zero-order valence-electron chi connectivity index (χ0n) is 16.8. The van der Waals surface area contributed by atoms with Gasteiger partial charge >= 0.3 is 0 Å². The number of likely N-dealkylation sites (N-methyl/N-ethyl adjacent to an activating group) is 1. The highest BCUT2D eigenvalue weighted by Gasteiger charge is 2.50. The van der Waals surface area contributed by atoms with Crippen LogP contribution in [0.25, 0.3) is 0 Å². The van der Waals surface area contributed by atoms with Crippen molar-refractivity contribution in [2.24, 2.45) is 0 Å². The van der Waals surface area contributed by atoms with Gasteiger partial charge < -0.3 is 9.80 Å². The Balaban J connectivity index is 1.78. The van der Waals surface area contributed by atoms with E-state index in [0.717, 1.165) is 12.0 Å². The molecule has 6 nitrogen and oxygen atoms in total. The first-order valence-corrected chi connectivity index (χ1v) is 10.2. The van der Waals surface area contributed by atoms with Gasteiger partial charge in [-0.1, -0.05) is 17.7 Å². The van der Waals surface area contributed by atoms with Gasteiger partial charge in [-0.25, -0.2) is 0 Å². The lowest BCUT2D eigenvalue weighted by Gasteiger charge is -2.31. The molecule has 1 fully saturated rings. The van der Waals surface area contributed by atoms with Crippen molar-refractivity contribution < 1.29 is 9.59 Å². The molecule has 2 heterocycles. The first kappa shape index (κ1) is 20.3. The summed E-state index contributed by atoms with van der Waals surface area (Å²) in [6, 6.07) is 12.4. The minimum absolute atomic E-state index is 0.0388. The largest absolute Gasteiger partial charge is 0.341 e. The van der Waals surface area contributed by atoms with Crippen molar-refractivity contribution >= 4 is 52.1 Å². The Hall–Kier alpha value is -2.95. The number of fused-ring (bicyclic) bond motifs is 1. The van der Waals surface area contributed by atoms with Crippen LogP contribution in [0.15, 0.2) is 36.4 Å². The van der Waals surface area contributed by atoms with Crippen LogP contribution in [-0.2, 0) is 11.2 Å². The molecule has 0 radical (unpaired) electrons. The Bertz CT molecular complexity index is 1150. The van der Waals surface area contributed by atoms with E-state index in [2.05, 4.69) is 0 Å². The molecule has 2 aromatic carbocycles. The Morgan fingerprint density at radius 2 is 1.83 bits per heavy atom. The average molecular weight is 439 g/mol. The van der Waals surface area contributed by atoms with E-state index in [-0.39, 0.29) is 16.8 Å². The van der Waals surface area contributed by atoms with E-state index in [0.29, 0.717) is 34.2 Å². The molecule has 2 aliphatic heterocycles. The van der Waals surface area contributed by atoms with Crippen LogP contribution in [0, 0.1) is 11.3 Å². The number of nitrogens with zero attached hydrogens (tertiary/aromatic N) is 4. The summed E-state index contributed by atoms with van der Waals surface area (Å²) in [5, 5.41) is 9.66. The second-order valence-electron chi connectivity index (χ2n) is 7.91. The fourth-order valence-corrected chi connectivity index (χ4v) is 4.64. The fraction of sp³-hybridized carbons (Fsp3) is 0.273. The van der Waals surface area contributed by atoms with Crippen molar-refractivity contribution in [2.45, 2.75) is 25.8 Å². The summed E-state index contributed by atoms with van der Waals surface area (Å²) in [5.41, 5.74) is 2.17. The summed E-state index contributed by atoms with van der Waals surface area (Å²) in [7, 11) is 1.78. The van der Waals surface area contributed by atoms with Crippen LogP contribution in [0.1, 0.15) is 35.3 Å². The highest BCUT2D eigenvalue weighted by molar-refractivity contribution is 7.81. The molecule has 4 rings (SSSR count). The third-order valence-corrected chi connectivity index (χ3v) is 6.32. The van der Waals surface area contributed by atoms with E-state index in [9.17, 15) is 9.59 Å². The molecule has 1 saturated heterocycles. The predicted octanol–water partition coefficient (Wildman–Crippen LogP) is 3.76. The van der Waals surface area contributed by atoms with Gasteiger partial charge in [0.1, 0.15) is 11.6 Å². The summed E-state index contributed by atoms with van der Waals surface area (Å²) in [6.07, 6.45) is 0.792. The van der Waals surface area contributed by atoms with Crippen molar-refractivity contribution in [1.82, 2.24) is 4.90 Å². The number of amides is 2. The molecule has 2 amide bonds. The van der Waals surface area contributed by atoms with Gasteiger partial charge in [0.05, 0.1) is 16.3 Å². The van der Waals surface area contributed by atoms with Crippen molar-refractivity contribution in [1.29, 1.82) is 5.26 Å². The lowest BCUT2D eigenvalue weighted by Crippen LogP contribution is -2.44. The van der Waals surface area contributed by atoms with Crippen LogP contribution >= 0.6 is 23.8 Å². The summed E-state index contributed by atoms with van der Waals surface area (Å²) >= 11 is 11.9. The molecule has 0 saturated carbocycles. The topological polar surface area (TPSA) is 67.7 Å². The number of hydrogen-bond donors (Lipinski definition) is 0. The maximum atomic E-state index is 13.3. The number of anilines is 2. The zero-order valence-corrected chi connectivity index (χ0v) is 18.3. The second-order valence-corrected chi connectivity index (χ2v) is 8.68. The van der Waals surface area contributed by atoms with Crippen molar-refractivity contribution in [2.75, 3.05) is 23.4 Å². The minimum atomic E-state index is -0.963. The molecule has 0 spiro atoms. The molecule has 8 heteroatoms. The molecule has 0 aliphatic carbocycles. The standard InChI is InChI=1S/C22H19ClN4O2S/c1-22(2)20(29)26(15-6-5-14(12-24)18(23)11-15)21(30)27(22)16-7-4-13-8-9-25(3)19(28)17(13)10-16/h4-7,10-11H,8-9H2,1-3H3. The number of halogens is 1. The van der Waals surface area contributed by atoms with Gasteiger partial charge in [0.2, 0.25) is 0 Å². The minimum Gasteiger partial charge on any atom is -0.341 e. The van der Waals surface area contributed by atoms with Gasteiger partial charge in [-0.15, -0.1) is 0 Å². The maximum absolute atomic E-state index is 13.3. The fourth-order valence-electron chi connectivity index (χ4n) is 3.91. The Morgan fingerprint density at radius 3 is 2.50 bits per heavy atom. The quantitative estimate of drug-likeness (QED) is 0.668. The number of carbonyl (C=O) groups is 2. The summed E-state index contributed by atoms with van der Waals surface area (Å²) < 4.78 is 0. The van der Waals surface area contributed by atoms with Crippen LogP contribution in [0.3, 0.4) is 0 Å². The molecule has 0 bridgehead atoms. The third kappa shape index (κ3) is 2.95. The average Bonchev–Trinajstić information content (AvgIpc) is 2.89. The number of rotatable bonds is 2. The first-order valence-electron chi connectivity index (χ1n) is 9.43. The molecule has 0 N–H and O–H groups in total. The van der Waals surface area contributed by atoms with E-state index >= 15 is 0 Å². The molecule has 0 aromatic heterocycles. The SMILES string of the molecule is CN1CCc2ccc(N3C(=S)N(c4ccc(C#N)c(Cl)c4)C(=O)C3(C)C)cc2C1=O. The lowest BCUT2D eigenvalue weighted by molar-refractivity contribution is -0.120. The van der Waals surface area contributed by atoms with E-state index in [1.165, 1.54) is 4.90 Å². The predicted molar refractivity (Wildman–Crippen MR) is 120 cm³/mol. The third-order valence-electron chi connectivity index (χ3n) is 5.64. The van der Waals surface area contributed by atoms with Gasteiger partial charge in [0.15, 0.2) is 5.11 Å². The van der Waals surface area contributed by atoms with E-state index in [1.807, 2.05) is 24.3 Å². The molecular formula is C22H19ClN4O2S. The molecular weight excluding hydrogens is 420 g/mol. The van der Waals surface area contributed by atoms with Gasteiger partial charge in [-0.2, -0.15) is 5.26 Å². The second kappa shape index (κ2) is 7.08. The number of thiocarbonyl (C=S) groups is 1. The van der Waals surface area contributed by atoms with E-state index in [4.69, 9.17) is 29.1 Å². The zero-order chi connectivity index (χ0) is 21.8. The summed E-state index contributed by atoms with van der Waals surface area (Å²) in [6.45, 7) is 4.27. The van der Waals surface area contributed by atoms with Crippen LogP contribution in [0.5, 0.6) is 0 Å².